The highest BCUT2D eigenvalue weighted by Crippen LogP contribution is 2.23. The van der Waals surface area contributed by atoms with Gasteiger partial charge in [0.2, 0.25) is 6.19 Å². The van der Waals surface area contributed by atoms with Crippen molar-refractivity contribution in [2.24, 2.45) is 4.99 Å². The van der Waals surface area contributed by atoms with Crippen molar-refractivity contribution in [3.05, 3.63) is 123 Å². The number of nitrogens with zero attached hydrogens (tertiary/aromatic N) is 7. The third kappa shape index (κ3) is 5.51. The molecule has 2 aromatic heterocycles. The number of halogens is 3. The topological polar surface area (TPSA) is 120 Å². The zero-order chi connectivity index (χ0) is 28.3. The molecule has 0 unspecified atom stereocenters. The highest BCUT2D eigenvalue weighted by atomic mass is 19.4. The molecule has 0 N–H and O–H groups in total. The van der Waals surface area contributed by atoms with Crippen molar-refractivity contribution in [3.8, 4) is 17.6 Å². The maximum atomic E-state index is 13.6. The second-order valence-electron chi connectivity index (χ2n) is 8.48. The Bertz CT molecular complexity index is 1910. The van der Waals surface area contributed by atoms with Crippen LogP contribution >= 0.6 is 0 Å². The second kappa shape index (κ2) is 10.7. The smallest absolute Gasteiger partial charge is 0.406 e. The highest BCUT2D eigenvalue weighted by Gasteiger charge is 2.31. The molecule has 3 aromatic carbocycles. The fourth-order valence-corrected chi connectivity index (χ4v) is 4.06. The summed E-state index contributed by atoms with van der Waals surface area (Å²) in [5, 5.41) is 13.6. The number of fused-ring (bicyclic) bond motifs is 1. The summed E-state index contributed by atoms with van der Waals surface area (Å²) in [6.07, 6.45) is -3.28. The quantitative estimate of drug-likeness (QED) is 0.303. The average Bonchev–Trinajstić information content (AvgIpc) is 2.94. The molecule has 0 atom stereocenters. The van der Waals surface area contributed by atoms with Crippen LogP contribution in [0.15, 0.2) is 99.5 Å². The Kier molecular flexibility index (Phi) is 6.98. The molecule has 13 heteroatoms. The molecule has 0 amide bonds. The first kappa shape index (κ1) is 26.1. The Labute approximate surface area is 223 Å². The van der Waals surface area contributed by atoms with Crippen LogP contribution in [0.1, 0.15) is 11.1 Å². The van der Waals surface area contributed by atoms with Crippen LogP contribution in [0.5, 0.6) is 5.75 Å². The first-order valence-corrected chi connectivity index (χ1v) is 11.7. The average molecular weight is 545 g/mol. The molecule has 0 radical (unpaired) electrons. The highest BCUT2D eigenvalue weighted by molar-refractivity contribution is 5.68. The van der Waals surface area contributed by atoms with E-state index in [9.17, 15) is 28.0 Å². The van der Waals surface area contributed by atoms with Gasteiger partial charge in [0.05, 0.1) is 18.8 Å². The molecule has 0 fully saturated rings. The largest absolute Gasteiger partial charge is 0.573 e. The molecule has 40 heavy (non-hydrogen) atoms. The Morgan fingerprint density at radius 2 is 1.43 bits per heavy atom. The van der Waals surface area contributed by atoms with E-state index >= 15 is 0 Å². The number of ether oxygens (including phenoxy) is 1. The summed E-state index contributed by atoms with van der Waals surface area (Å²) in [6.45, 7) is -0.00186. The molecule has 5 aromatic rings. The summed E-state index contributed by atoms with van der Waals surface area (Å²) in [6, 6.07) is 22.5. The monoisotopic (exact) mass is 545 g/mol. The van der Waals surface area contributed by atoms with Gasteiger partial charge in [-0.2, -0.15) is 20.0 Å². The number of hydrogen-bond acceptors (Lipinski definition) is 7. The number of hydrogen-bond donors (Lipinski definition) is 0. The summed E-state index contributed by atoms with van der Waals surface area (Å²) in [4.78, 5) is 35.3. The molecule has 10 nitrogen and oxygen atoms in total. The molecule has 2 heterocycles. The first-order valence-electron chi connectivity index (χ1n) is 11.7. The maximum absolute atomic E-state index is 13.6. The minimum atomic E-state index is -4.88. The third-order valence-corrected chi connectivity index (χ3v) is 5.80. The standard InChI is InChI=1S/C27H18F3N7O3/c28-27(29,30)40-21-13-11-20(12-14-21)37-25(32-17-31)33-23-22(34-37)24(38)36(16-19-9-5-2-6-10-19)26(39)35(23)15-18-7-3-1-4-8-18/h1-14H,15-16H2. The lowest BCUT2D eigenvalue weighted by atomic mass is 10.2. The molecule has 0 aliphatic carbocycles. The van der Waals surface area contributed by atoms with Gasteiger partial charge in [0.15, 0.2) is 11.2 Å². The van der Waals surface area contributed by atoms with Gasteiger partial charge in [0.1, 0.15) is 5.75 Å². The molecule has 0 saturated heterocycles. The van der Waals surface area contributed by atoms with Crippen LogP contribution in [-0.4, -0.2) is 30.3 Å². The van der Waals surface area contributed by atoms with Crippen LogP contribution in [0.3, 0.4) is 0 Å². The minimum absolute atomic E-state index is 0.0411. The first-order chi connectivity index (χ1) is 19.2. The lowest BCUT2D eigenvalue weighted by molar-refractivity contribution is -0.274. The Morgan fingerprint density at radius 1 is 0.850 bits per heavy atom. The van der Waals surface area contributed by atoms with Crippen LogP contribution in [0, 0.1) is 11.5 Å². The van der Waals surface area contributed by atoms with Crippen molar-refractivity contribution in [3.63, 3.8) is 0 Å². The number of rotatable bonds is 6. The van der Waals surface area contributed by atoms with Crippen LogP contribution in [0.2, 0.25) is 0 Å². The van der Waals surface area contributed by atoms with E-state index in [1.807, 2.05) is 6.07 Å². The number of aromatic nitrogens is 5. The van der Waals surface area contributed by atoms with Gasteiger partial charge in [-0.05, 0) is 35.4 Å². The van der Waals surface area contributed by atoms with E-state index in [2.05, 4.69) is 19.8 Å². The third-order valence-electron chi connectivity index (χ3n) is 5.80. The predicted octanol–water partition coefficient (Wildman–Crippen LogP) is 3.12. The molecule has 0 aliphatic heterocycles. The minimum Gasteiger partial charge on any atom is -0.406 e. The lowest BCUT2D eigenvalue weighted by Crippen LogP contribution is -2.43. The fourth-order valence-electron chi connectivity index (χ4n) is 4.06. The number of alkyl halides is 3. The zero-order valence-corrected chi connectivity index (χ0v) is 20.5. The van der Waals surface area contributed by atoms with Crippen LogP contribution in [0.4, 0.5) is 13.2 Å². The van der Waals surface area contributed by atoms with E-state index in [4.69, 9.17) is 0 Å². The molecule has 5 rings (SSSR count). The molecule has 0 bridgehead atoms. The molecule has 0 spiro atoms. The van der Waals surface area contributed by atoms with Gasteiger partial charge in [-0.3, -0.25) is 13.9 Å². The van der Waals surface area contributed by atoms with E-state index in [-0.39, 0.29) is 35.6 Å². The van der Waals surface area contributed by atoms with E-state index in [1.54, 1.807) is 60.8 Å². The van der Waals surface area contributed by atoms with Crippen molar-refractivity contribution in [2.45, 2.75) is 19.5 Å². The van der Waals surface area contributed by atoms with Crippen molar-refractivity contribution in [1.82, 2.24) is 23.9 Å². The summed E-state index contributed by atoms with van der Waals surface area (Å²) < 4.78 is 45.0. The Hall–Kier alpha value is -5.51. The molecular formula is C27H18F3N7O3. The van der Waals surface area contributed by atoms with Crippen LogP contribution < -0.4 is 21.6 Å². The predicted molar refractivity (Wildman–Crippen MR) is 136 cm³/mol. The van der Waals surface area contributed by atoms with Crippen molar-refractivity contribution in [2.75, 3.05) is 0 Å². The van der Waals surface area contributed by atoms with E-state index in [0.29, 0.717) is 5.56 Å². The normalized spacial score (nSPS) is 11.9. The van der Waals surface area contributed by atoms with Crippen molar-refractivity contribution >= 4 is 11.2 Å². The van der Waals surface area contributed by atoms with Gasteiger partial charge >= 0.3 is 12.1 Å². The Morgan fingerprint density at radius 3 is 1.98 bits per heavy atom. The maximum Gasteiger partial charge on any atom is 0.573 e. The fraction of sp³-hybridized carbons (Fsp3) is 0.111. The van der Waals surface area contributed by atoms with Gasteiger partial charge < -0.3 is 4.74 Å². The molecule has 200 valence electrons. The van der Waals surface area contributed by atoms with Gasteiger partial charge in [-0.25, -0.2) is 4.79 Å². The molecule has 0 aliphatic rings. The van der Waals surface area contributed by atoms with E-state index in [1.165, 1.54) is 16.7 Å². The zero-order valence-electron chi connectivity index (χ0n) is 20.5. The Balaban J connectivity index is 1.75. The summed E-state index contributed by atoms with van der Waals surface area (Å²) >= 11 is 0. The number of nitriles is 1. The number of benzene rings is 3. The summed E-state index contributed by atoms with van der Waals surface area (Å²) in [5.74, 6) is -0.480. The van der Waals surface area contributed by atoms with Gasteiger partial charge in [0, 0.05) is 0 Å². The lowest BCUT2D eigenvalue weighted by Gasteiger charge is -2.15. The SMILES string of the molecule is N#CN=c1nc2c(nn1-c1ccc(OC(F)(F)F)cc1)c(=O)n(Cc1ccccc1)c(=O)n2Cc1ccccc1. The molecule has 0 saturated carbocycles. The van der Waals surface area contributed by atoms with Gasteiger partial charge in [-0.15, -0.1) is 18.2 Å². The van der Waals surface area contributed by atoms with Crippen molar-refractivity contribution in [1.29, 1.82) is 5.26 Å². The summed E-state index contributed by atoms with van der Waals surface area (Å²) in [7, 11) is 0. The van der Waals surface area contributed by atoms with Gasteiger partial charge in [-0.1, -0.05) is 60.7 Å². The van der Waals surface area contributed by atoms with Crippen LogP contribution in [-0.2, 0) is 13.1 Å². The summed E-state index contributed by atoms with van der Waals surface area (Å²) in [5.41, 5.74) is -0.403. The van der Waals surface area contributed by atoms with E-state index < -0.39 is 23.4 Å². The van der Waals surface area contributed by atoms with Gasteiger partial charge in [0.25, 0.3) is 11.2 Å². The van der Waals surface area contributed by atoms with Crippen LogP contribution in [0.25, 0.3) is 16.9 Å². The van der Waals surface area contributed by atoms with Crippen molar-refractivity contribution < 1.29 is 17.9 Å². The second-order valence-corrected chi connectivity index (χ2v) is 8.48. The molecular weight excluding hydrogens is 527 g/mol. The van der Waals surface area contributed by atoms with E-state index in [0.717, 1.165) is 26.9 Å².